The van der Waals surface area contributed by atoms with E-state index in [2.05, 4.69) is 15.9 Å². The van der Waals surface area contributed by atoms with Gasteiger partial charge >= 0.3 is 0 Å². The van der Waals surface area contributed by atoms with Gasteiger partial charge in [-0.25, -0.2) is 9.29 Å². The lowest BCUT2D eigenvalue weighted by molar-refractivity contribution is -0.113. The van der Waals surface area contributed by atoms with E-state index in [1.54, 1.807) is 54.6 Å². The number of rotatable bonds is 6. The predicted molar refractivity (Wildman–Crippen MR) is 131 cm³/mol. The first-order valence-corrected chi connectivity index (χ1v) is 11.6. The summed E-state index contributed by atoms with van der Waals surface area (Å²) in [5, 5.41) is -0.117. The van der Waals surface area contributed by atoms with Gasteiger partial charge in [0.15, 0.2) is 11.5 Å². The van der Waals surface area contributed by atoms with Gasteiger partial charge in [-0.2, -0.15) is 0 Å². The Hall–Kier alpha value is -2.81. The van der Waals surface area contributed by atoms with Crippen molar-refractivity contribution in [2.75, 3.05) is 12.0 Å². The van der Waals surface area contributed by atoms with Gasteiger partial charge in [-0.05, 0) is 65.4 Å². The Balaban J connectivity index is 1.59. The molecule has 1 heterocycles. The van der Waals surface area contributed by atoms with Crippen LogP contribution in [0.2, 0.25) is 5.02 Å². The van der Waals surface area contributed by atoms with Crippen LogP contribution in [0.3, 0.4) is 0 Å². The molecular formula is C24H16BrClFNO4S. The van der Waals surface area contributed by atoms with E-state index in [0.717, 1.165) is 22.2 Å². The number of thioether (sulfide) groups is 1. The number of ether oxygens (including phenoxy) is 2. The van der Waals surface area contributed by atoms with Crippen LogP contribution in [0.15, 0.2) is 70.0 Å². The molecule has 1 aliphatic rings. The molecule has 3 aromatic carbocycles. The average Bonchev–Trinajstić information content (AvgIpc) is 3.08. The maximum Gasteiger partial charge on any atom is 0.298 e. The van der Waals surface area contributed by atoms with Crippen molar-refractivity contribution in [2.45, 2.75) is 6.61 Å². The van der Waals surface area contributed by atoms with E-state index < -0.39 is 11.1 Å². The molecule has 0 aliphatic carbocycles. The number of hydrogen-bond acceptors (Lipinski definition) is 5. The van der Waals surface area contributed by atoms with Crippen LogP contribution in [0.1, 0.15) is 11.1 Å². The van der Waals surface area contributed by atoms with Crippen molar-refractivity contribution in [3.8, 4) is 11.5 Å². The number of benzene rings is 3. The zero-order valence-corrected chi connectivity index (χ0v) is 20.3. The molecule has 0 atom stereocenters. The number of anilines is 1. The van der Waals surface area contributed by atoms with E-state index in [1.807, 2.05) is 0 Å². The SMILES string of the molecule is COc1cc(/C=C2\SC(=O)N(c3ccccc3Cl)C2=O)c(Br)cc1OCc1ccc(F)cc1. The summed E-state index contributed by atoms with van der Waals surface area (Å²) in [4.78, 5) is 26.8. The molecule has 0 radical (unpaired) electrons. The Morgan fingerprint density at radius 1 is 1.09 bits per heavy atom. The highest BCUT2D eigenvalue weighted by Gasteiger charge is 2.37. The third kappa shape index (κ3) is 5.08. The zero-order valence-electron chi connectivity index (χ0n) is 17.2. The highest BCUT2D eigenvalue weighted by Crippen LogP contribution is 2.41. The summed E-state index contributed by atoms with van der Waals surface area (Å²) in [6, 6.07) is 16.1. The van der Waals surface area contributed by atoms with Crippen molar-refractivity contribution in [3.05, 3.63) is 92.0 Å². The van der Waals surface area contributed by atoms with Crippen LogP contribution in [0.5, 0.6) is 11.5 Å². The van der Waals surface area contributed by atoms with Crippen LogP contribution in [0, 0.1) is 5.82 Å². The lowest BCUT2D eigenvalue weighted by atomic mass is 10.1. The van der Waals surface area contributed by atoms with E-state index in [-0.39, 0.29) is 17.3 Å². The smallest absolute Gasteiger partial charge is 0.298 e. The normalized spacial score (nSPS) is 14.8. The second-order valence-electron chi connectivity index (χ2n) is 6.91. The number of imide groups is 1. The van der Waals surface area contributed by atoms with Gasteiger partial charge < -0.3 is 9.47 Å². The maximum absolute atomic E-state index is 13.1. The topological polar surface area (TPSA) is 55.8 Å². The zero-order chi connectivity index (χ0) is 23.5. The minimum absolute atomic E-state index is 0.221. The molecule has 3 aromatic rings. The summed E-state index contributed by atoms with van der Waals surface area (Å²) in [5.74, 6) is 0.134. The minimum atomic E-state index is -0.458. The van der Waals surface area contributed by atoms with Crippen molar-refractivity contribution in [1.82, 2.24) is 0 Å². The Bertz CT molecular complexity index is 1270. The summed E-state index contributed by atoms with van der Waals surface area (Å²) in [6.07, 6.45) is 1.61. The fourth-order valence-corrected chi connectivity index (χ4v) is 4.61. The summed E-state index contributed by atoms with van der Waals surface area (Å²) in [6.45, 7) is 0.221. The lowest BCUT2D eigenvalue weighted by Gasteiger charge is -2.14. The number of para-hydroxylation sites is 1. The van der Waals surface area contributed by atoms with Crippen molar-refractivity contribution >= 4 is 62.2 Å². The summed E-state index contributed by atoms with van der Waals surface area (Å²) in [5.41, 5.74) is 1.77. The number of methoxy groups -OCH3 is 1. The molecule has 0 N–H and O–H groups in total. The second-order valence-corrected chi connectivity index (χ2v) is 9.16. The van der Waals surface area contributed by atoms with Crippen molar-refractivity contribution in [3.63, 3.8) is 0 Å². The van der Waals surface area contributed by atoms with Gasteiger partial charge in [-0.1, -0.05) is 51.8 Å². The van der Waals surface area contributed by atoms with Crippen molar-refractivity contribution < 1.29 is 23.5 Å². The second kappa shape index (κ2) is 9.99. The third-order valence-corrected chi connectivity index (χ3v) is 6.64. The van der Waals surface area contributed by atoms with Crippen LogP contribution in [0.25, 0.3) is 6.08 Å². The molecule has 5 nitrogen and oxygen atoms in total. The molecule has 9 heteroatoms. The highest BCUT2D eigenvalue weighted by atomic mass is 79.9. The lowest BCUT2D eigenvalue weighted by Crippen LogP contribution is -2.27. The summed E-state index contributed by atoms with van der Waals surface area (Å²) < 4.78 is 25.0. The first-order valence-electron chi connectivity index (χ1n) is 9.64. The van der Waals surface area contributed by atoms with Gasteiger partial charge in [-0.3, -0.25) is 9.59 Å². The number of carbonyl (C=O) groups excluding carboxylic acids is 2. The van der Waals surface area contributed by atoms with Gasteiger partial charge in [0.2, 0.25) is 0 Å². The van der Waals surface area contributed by atoms with Crippen LogP contribution in [-0.4, -0.2) is 18.3 Å². The van der Waals surface area contributed by atoms with E-state index in [4.69, 9.17) is 21.1 Å². The fraction of sp³-hybridized carbons (Fsp3) is 0.0833. The van der Waals surface area contributed by atoms with Crippen molar-refractivity contribution in [1.29, 1.82) is 0 Å². The van der Waals surface area contributed by atoms with Gasteiger partial charge in [0, 0.05) is 4.47 Å². The number of halogens is 3. The fourth-order valence-electron chi connectivity index (χ4n) is 3.13. The van der Waals surface area contributed by atoms with Gasteiger partial charge in [0.1, 0.15) is 12.4 Å². The van der Waals surface area contributed by atoms with Gasteiger partial charge in [0.25, 0.3) is 11.1 Å². The van der Waals surface area contributed by atoms with E-state index >= 15 is 0 Å². The molecule has 1 saturated heterocycles. The molecule has 168 valence electrons. The van der Waals surface area contributed by atoms with Gasteiger partial charge in [0.05, 0.1) is 22.7 Å². The monoisotopic (exact) mass is 547 g/mol. The standard InChI is InChI=1S/C24H16BrClFNO4S/c1-31-20-10-15(17(25)12-21(20)32-13-14-6-8-16(27)9-7-14)11-22-23(29)28(24(30)33-22)19-5-3-2-4-18(19)26/h2-12H,13H2,1H3/b22-11-. The molecule has 1 fully saturated rings. The van der Waals surface area contributed by atoms with E-state index in [0.29, 0.717) is 32.2 Å². The van der Waals surface area contributed by atoms with Crippen LogP contribution in [0.4, 0.5) is 14.9 Å². The molecule has 2 amide bonds. The molecule has 0 spiro atoms. The maximum atomic E-state index is 13.1. The van der Waals surface area contributed by atoms with Crippen LogP contribution in [-0.2, 0) is 11.4 Å². The third-order valence-electron chi connectivity index (χ3n) is 4.76. The first kappa shape index (κ1) is 23.4. The average molecular weight is 549 g/mol. The van der Waals surface area contributed by atoms with E-state index in [1.165, 1.54) is 19.2 Å². The molecule has 1 aliphatic heterocycles. The number of hydrogen-bond donors (Lipinski definition) is 0. The van der Waals surface area contributed by atoms with Gasteiger partial charge in [-0.15, -0.1) is 0 Å². The largest absolute Gasteiger partial charge is 0.493 e. The molecule has 4 rings (SSSR count). The predicted octanol–water partition coefficient (Wildman–Crippen LogP) is 7.07. The molecular weight excluding hydrogens is 533 g/mol. The molecule has 33 heavy (non-hydrogen) atoms. The Labute approximate surface area is 207 Å². The quantitative estimate of drug-likeness (QED) is 0.308. The number of nitrogens with zero attached hydrogens (tertiary/aromatic N) is 1. The number of amides is 2. The highest BCUT2D eigenvalue weighted by molar-refractivity contribution is 9.10. The summed E-state index contributed by atoms with van der Waals surface area (Å²) in [7, 11) is 1.50. The Morgan fingerprint density at radius 2 is 1.82 bits per heavy atom. The summed E-state index contributed by atoms with van der Waals surface area (Å²) >= 11 is 10.5. The van der Waals surface area contributed by atoms with E-state index in [9.17, 15) is 14.0 Å². The number of carbonyl (C=O) groups is 2. The van der Waals surface area contributed by atoms with Crippen molar-refractivity contribution in [2.24, 2.45) is 0 Å². The molecule has 0 saturated carbocycles. The minimum Gasteiger partial charge on any atom is -0.493 e. The van der Waals surface area contributed by atoms with Crippen LogP contribution >= 0.6 is 39.3 Å². The first-order chi connectivity index (χ1) is 15.9. The van der Waals surface area contributed by atoms with Crippen LogP contribution < -0.4 is 14.4 Å². The Morgan fingerprint density at radius 3 is 2.52 bits per heavy atom. The molecule has 0 aromatic heterocycles. The molecule has 0 unspecified atom stereocenters. The molecule has 0 bridgehead atoms. The Kier molecular flexibility index (Phi) is 7.07.